The second-order valence-electron chi connectivity index (χ2n) is 11.0. The molecule has 0 bridgehead atoms. The maximum absolute atomic E-state index is 11.3. The third-order valence-electron chi connectivity index (χ3n) is 8.01. The number of nitrogen functional groups attached to an aromatic ring is 1. The number of nitrogens with one attached hydrogen (secondary N) is 4. The van der Waals surface area contributed by atoms with E-state index >= 15 is 0 Å². The number of likely N-dealkylation sites (tertiary alicyclic amines) is 2. The van der Waals surface area contributed by atoms with E-state index in [1.807, 2.05) is 6.07 Å². The first-order valence-corrected chi connectivity index (χ1v) is 14.9. The smallest absolute Gasteiger partial charge is 0.411 e. The number of carbonyl (C=O) groups is 2. The predicted octanol–water partition coefficient (Wildman–Crippen LogP) is 5.01. The zero-order chi connectivity index (χ0) is 32.1. The SMILES string of the molecule is COC(=O)Nc1ccc(NC[C@H]2CCCCN2C)c(N)c1.COC(=O)Nc1ccc(NC[C@H]2CCCCN2C)c([N+](=O)[O-])c1. The fourth-order valence-corrected chi connectivity index (χ4v) is 5.31. The van der Waals surface area contributed by atoms with Gasteiger partial charge < -0.3 is 35.6 Å². The van der Waals surface area contributed by atoms with Crippen molar-refractivity contribution in [3.63, 3.8) is 0 Å². The van der Waals surface area contributed by atoms with Crippen LogP contribution in [0.4, 0.5) is 43.7 Å². The summed E-state index contributed by atoms with van der Waals surface area (Å²) in [6, 6.07) is 10.9. The summed E-state index contributed by atoms with van der Waals surface area (Å²) in [5, 5.41) is 22.8. The Bertz CT molecular complexity index is 1260. The molecule has 0 aromatic heterocycles. The fraction of sp³-hybridized carbons (Fsp3) is 0.533. The number of methoxy groups -OCH3 is 2. The number of benzene rings is 2. The zero-order valence-electron chi connectivity index (χ0n) is 26.1. The molecule has 2 aliphatic rings. The quantitative estimate of drug-likeness (QED) is 0.146. The molecule has 2 atom stereocenters. The van der Waals surface area contributed by atoms with Crippen molar-refractivity contribution in [3.8, 4) is 0 Å². The van der Waals surface area contributed by atoms with Crippen LogP contribution in [0, 0.1) is 10.1 Å². The molecule has 4 rings (SSSR count). The highest BCUT2D eigenvalue weighted by atomic mass is 16.6. The Morgan fingerprint density at radius 3 is 1.77 bits per heavy atom. The van der Waals surface area contributed by atoms with E-state index < -0.39 is 17.1 Å². The van der Waals surface area contributed by atoms with Crippen molar-refractivity contribution in [3.05, 3.63) is 46.5 Å². The maximum Gasteiger partial charge on any atom is 0.411 e. The largest absolute Gasteiger partial charge is 0.453 e. The topological polar surface area (TPSA) is 176 Å². The van der Waals surface area contributed by atoms with Gasteiger partial charge in [-0.3, -0.25) is 20.7 Å². The predicted molar refractivity (Wildman–Crippen MR) is 174 cm³/mol. The molecule has 2 aromatic rings. The van der Waals surface area contributed by atoms with E-state index in [0.29, 0.717) is 41.4 Å². The number of amides is 2. The minimum Gasteiger partial charge on any atom is -0.453 e. The van der Waals surface area contributed by atoms with Crippen molar-refractivity contribution in [1.29, 1.82) is 0 Å². The maximum atomic E-state index is 11.3. The highest BCUT2D eigenvalue weighted by Gasteiger charge is 2.21. The van der Waals surface area contributed by atoms with E-state index in [2.05, 4.69) is 54.6 Å². The third kappa shape index (κ3) is 10.5. The van der Waals surface area contributed by atoms with Crippen molar-refractivity contribution in [2.24, 2.45) is 0 Å². The molecule has 6 N–H and O–H groups in total. The first-order chi connectivity index (χ1) is 21.1. The van der Waals surface area contributed by atoms with E-state index in [0.717, 1.165) is 31.7 Å². The summed E-state index contributed by atoms with van der Waals surface area (Å²) in [6.45, 7) is 3.74. The van der Waals surface area contributed by atoms with Gasteiger partial charge in [0, 0.05) is 36.9 Å². The fourth-order valence-electron chi connectivity index (χ4n) is 5.31. The second-order valence-corrected chi connectivity index (χ2v) is 11.0. The van der Waals surface area contributed by atoms with Crippen LogP contribution in [0.2, 0.25) is 0 Å². The Morgan fingerprint density at radius 1 is 0.841 bits per heavy atom. The van der Waals surface area contributed by atoms with Gasteiger partial charge in [0.05, 0.1) is 36.2 Å². The Labute approximate surface area is 258 Å². The minimum atomic E-state index is -0.663. The number of hydrogen-bond acceptors (Lipinski definition) is 11. The number of anilines is 5. The molecule has 242 valence electrons. The van der Waals surface area contributed by atoms with Crippen molar-refractivity contribution < 1.29 is 24.0 Å². The van der Waals surface area contributed by atoms with Crippen LogP contribution in [0.15, 0.2) is 36.4 Å². The molecule has 14 nitrogen and oxygen atoms in total. The van der Waals surface area contributed by atoms with Gasteiger partial charge in [0.2, 0.25) is 0 Å². The average molecular weight is 615 g/mol. The molecule has 0 spiro atoms. The van der Waals surface area contributed by atoms with Gasteiger partial charge in [-0.1, -0.05) is 12.8 Å². The number of nitro benzene ring substituents is 1. The Kier molecular flexibility index (Phi) is 13.3. The first-order valence-electron chi connectivity index (χ1n) is 14.9. The Morgan fingerprint density at radius 2 is 1.32 bits per heavy atom. The molecule has 2 saturated heterocycles. The molecular formula is C30H46N8O6. The standard InChI is InChI=1S/C15H22N4O4.C15H24N4O2/c1-18-8-4-3-5-12(18)10-16-13-7-6-11(17-15(20)23-2)9-14(13)19(21)22;1-19-8-4-3-5-12(19)10-17-14-7-6-11(9-13(14)16)18-15(20)21-2/h6-7,9,12,16H,3-5,8,10H2,1-2H3,(H,17,20);6-7,9,12,17H,3-5,8,10,16H2,1-2H3,(H,18,20)/t2*12-/m11/s1. The second kappa shape index (κ2) is 17.1. The molecular weight excluding hydrogens is 568 g/mol. The normalized spacial score (nSPS) is 18.6. The number of piperidine rings is 2. The summed E-state index contributed by atoms with van der Waals surface area (Å²) >= 11 is 0. The monoisotopic (exact) mass is 614 g/mol. The van der Waals surface area contributed by atoms with Crippen molar-refractivity contribution in [2.45, 2.75) is 50.6 Å². The highest BCUT2D eigenvalue weighted by Crippen LogP contribution is 2.29. The van der Waals surface area contributed by atoms with Crippen LogP contribution in [0.3, 0.4) is 0 Å². The average Bonchev–Trinajstić information content (AvgIpc) is 3.01. The van der Waals surface area contributed by atoms with Crippen LogP contribution in [-0.4, -0.2) is 93.5 Å². The Balaban J connectivity index is 0.000000241. The van der Waals surface area contributed by atoms with Crippen LogP contribution in [0.1, 0.15) is 38.5 Å². The van der Waals surface area contributed by atoms with Crippen LogP contribution >= 0.6 is 0 Å². The molecule has 2 aliphatic heterocycles. The van der Waals surface area contributed by atoms with E-state index in [1.165, 1.54) is 52.4 Å². The highest BCUT2D eigenvalue weighted by molar-refractivity contribution is 5.87. The molecule has 0 radical (unpaired) electrons. The number of nitrogens with two attached hydrogens (primary N) is 1. The molecule has 0 aliphatic carbocycles. The van der Waals surface area contributed by atoms with E-state index in [-0.39, 0.29) is 5.69 Å². The number of carbonyl (C=O) groups excluding carboxylic acids is 2. The van der Waals surface area contributed by atoms with Gasteiger partial charge in [-0.2, -0.15) is 0 Å². The number of rotatable bonds is 9. The van der Waals surface area contributed by atoms with Gasteiger partial charge in [0.1, 0.15) is 5.69 Å². The lowest BCUT2D eigenvalue weighted by Crippen LogP contribution is -2.40. The van der Waals surface area contributed by atoms with Gasteiger partial charge in [-0.25, -0.2) is 9.59 Å². The number of likely N-dealkylation sites (N-methyl/N-ethyl adjacent to an activating group) is 2. The lowest BCUT2D eigenvalue weighted by molar-refractivity contribution is -0.383. The number of nitro groups is 1. The molecule has 0 saturated carbocycles. The van der Waals surface area contributed by atoms with Gasteiger partial charge in [0.15, 0.2) is 0 Å². The van der Waals surface area contributed by atoms with E-state index in [1.54, 1.807) is 24.3 Å². The summed E-state index contributed by atoms with van der Waals surface area (Å²) in [7, 11) is 6.80. The van der Waals surface area contributed by atoms with Gasteiger partial charge >= 0.3 is 12.2 Å². The van der Waals surface area contributed by atoms with Gasteiger partial charge in [0.25, 0.3) is 5.69 Å². The summed E-state index contributed by atoms with van der Waals surface area (Å²) in [6.07, 6.45) is 6.08. The lowest BCUT2D eigenvalue weighted by atomic mass is 10.0. The number of nitrogens with zero attached hydrogens (tertiary/aromatic N) is 3. The van der Waals surface area contributed by atoms with E-state index in [9.17, 15) is 19.7 Å². The third-order valence-corrected chi connectivity index (χ3v) is 8.01. The van der Waals surface area contributed by atoms with Crippen molar-refractivity contribution >= 4 is 46.3 Å². The van der Waals surface area contributed by atoms with E-state index in [4.69, 9.17) is 5.73 Å². The first kappa shape index (κ1) is 34.2. The Hall–Kier alpha value is -4.30. The molecule has 2 amide bonds. The molecule has 14 heteroatoms. The van der Waals surface area contributed by atoms with Gasteiger partial charge in [-0.05, 0) is 83.2 Å². The van der Waals surface area contributed by atoms with Crippen LogP contribution < -0.4 is 27.0 Å². The van der Waals surface area contributed by atoms with Gasteiger partial charge in [-0.15, -0.1) is 0 Å². The summed E-state index contributed by atoms with van der Waals surface area (Å²) in [4.78, 5) is 37.8. The van der Waals surface area contributed by atoms with Crippen molar-refractivity contribution in [1.82, 2.24) is 9.80 Å². The number of hydrogen-bond donors (Lipinski definition) is 5. The van der Waals surface area contributed by atoms with Crippen LogP contribution in [0.25, 0.3) is 0 Å². The summed E-state index contributed by atoms with van der Waals surface area (Å²) < 4.78 is 9.03. The number of ether oxygens (including phenoxy) is 2. The van der Waals surface area contributed by atoms with Crippen molar-refractivity contribution in [2.75, 3.05) is 81.5 Å². The zero-order valence-corrected chi connectivity index (χ0v) is 26.1. The minimum absolute atomic E-state index is 0.0719. The lowest BCUT2D eigenvalue weighted by Gasteiger charge is -2.32. The summed E-state index contributed by atoms with van der Waals surface area (Å²) in [5.41, 5.74) is 8.85. The molecule has 2 fully saturated rings. The molecule has 2 heterocycles. The molecule has 2 aromatic carbocycles. The van der Waals surface area contributed by atoms with Crippen LogP contribution in [-0.2, 0) is 9.47 Å². The molecule has 44 heavy (non-hydrogen) atoms. The van der Waals surface area contributed by atoms with Crippen LogP contribution in [0.5, 0.6) is 0 Å². The molecule has 0 unspecified atom stereocenters. The summed E-state index contributed by atoms with van der Waals surface area (Å²) in [5.74, 6) is 0.